The normalized spacial score (nSPS) is 12.0. The van der Waals surface area contributed by atoms with Gasteiger partial charge in [-0.15, -0.1) is 0 Å². The zero-order chi connectivity index (χ0) is 21.4. The molecule has 0 fully saturated rings. The zero-order valence-corrected chi connectivity index (χ0v) is 17.7. The molecule has 0 radical (unpaired) electrons. The van der Waals surface area contributed by atoms with Crippen molar-refractivity contribution < 1.29 is 27.4 Å². The fourth-order valence-electron chi connectivity index (χ4n) is 2.34. The first-order valence-electron chi connectivity index (χ1n) is 8.92. The van der Waals surface area contributed by atoms with Crippen molar-refractivity contribution in [1.29, 1.82) is 0 Å². The minimum Gasteiger partial charge on any atom is -0.497 e. The van der Waals surface area contributed by atoms with Crippen LogP contribution < -0.4 is 23.8 Å². The Morgan fingerprint density at radius 3 is 2.07 bits per heavy atom. The van der Waals surface area contributed by atoms with Crippen molar-refractivity contribution in [2.75, 3.05) is 37.9 Å². The molecule has 0 aliphatic carbocycles. The van der Waals surface area contributed by atoms with Gasteiger partial charge in [0.1, 0.15) is 23.9 Å². The molecule has 1 amide bonds. The third kappa shape index (κ3) is 7.19. The number of ether oxygens (including phenoxy) is 3. The summed E-state index contributed by atoms with van der Waals surface area (Å²) in [5, 5.41) is 2.79. The second-order valence-electron chi connectivity index (χ2n) is 6.47. The second kappa shape index (κ2) is 10.0. The van der Waals surface area contributed by atoms with Crippen molar-refractivity contribution in [2.24, 2.45) is 0 Å². The number of rotatable bonds is 10. The summed E-state index contributed by atoms with van der Waals surface area (Å²) in [4.78, 5) is 12.0. The minimum atomic E-state index is -3.33. The quantitative estimate of drug-likeness (QED) is 0.630. The van der Waals surface area contributed by atoms with Crippen LogP contribution in [0, 0.1) is 0 Å². The lowest BCUT2D eigenvalue weighted by atomic mass is 10.3. The third-order valence-corrected chi connectivity index (χ3v) is 5.24. The molecule has 29 heavy (non-hydrogen) atoms. The molecule has 0 spiro atoms. The van der Waals surface area contributed by atoms with Crippen molar-refractivity contribution >= 4 is 21.6 Å². The first-order valence-corrected chi connectivity index (χ1v) is 10.8. The molecule has 158 valence electrons. The van der Waals surface area contributed by atoms with Crippen LogP contribution in [-0.2, 0) is 14.8 Å². The summed E-state index contributed by atoms with van der Waals surface area (Å²) in [5.74, 6) is 1.61. The molecule has 9 heteroatoms. The molecule has 0 heterocycles. The van der Waals surface area contributed by atoms with E-state index >= 15 is 0 Å². The molecule has 0 saturated heterocycles. The lowest BCUT2D eigenvalue weighted by molar-refractivity contribution is -0.123. The largest absolute Gasteiger partial charge is 0.497 e. The van der Waals surface area contributed by atoms with Crippen molar-refractivity contribution in [1.82, 2.24) is 5.32 Å². The Morgan fingerprint density at radius 2 is 1.52 bits per heavy atom. The topological polar surface area (TPSA) is 94.2 Å². The average Bonchev–Trinajstić information content (AvgIpc) is 2.70. The summed E-state index contributed by atoms with van der Waals surface area (Å²) >= 11 is 0. The summed E-state index contributed by atoms with van der Waals surface area (Å²) in [5.41, 5.74) is 0.508. The Hall–Kier alpha value is -2.94. The first kappa shape index (κ1) is 22.4. The number of benzene rings is 2. The SMILES string of the molecule is COc1ccc(OC[C@H](C)NC(=O)COc2ccc(N(C)S(C)(=O)=O)cc2)cc1. The number of carbonyl (C=O) groups excluding carboxylic acids is 1. The molecule has 1 N–H and O–H groups in total. The summed E-state index contributed by atoms with van der Waals surface area (Å²) in [6.07, 6.45) is 1.13. The molecule has 2 aromatic carbocycles. The number of carbonyl (C=O) groups is 1. The molecule has 0 unspecified atom stereocenters. The van der Waals surface area contributed by atoms with Gasteiger partial charge in [0.25, 0.3) is 5.91 Å². The summed E-state index contributed by atoms with van der Waals surface area (Å²) in [7, 11) is -0.265. The van der Waals surface area contributed by atoms with Gasteiger partial charge in [-0.25, -0.2) is 8.42 Å². The van der Waals surface area contributed by atoms with E-state index in [0.29, 0.717) is 23.8 Å². The minimum absolute atomic E-state index is 0.159. The number of nitrogens with zero attached hydrogens (tertiary/aromatic N) is 1. The maximum atomic E-state index is 12.0. The molecule has 0 bridgehead atoms. The van der Waals surface area contributed by atoms with Gasteiger partial charge in [0.15, 0.2) is 6.61 Å². The Morgan fingerprint density at radius 1 is 1.00 bits per heavy atom. The highest BCUT2D eigenvalue weighted by molar-refractivity contribution is 7.92. The Bertz CT molecular complexity index is 898. The fraction of sp³-hybridized carbons (Fsp3) is 0.350. The Kier molecular flexibility index (Phi) is 7.72. The van der Waals surface area contributed by atoms with Gasteiger partial charge in [-0.1, -0.05) is 0 Å². The van der Waals surface area contributed by atoms with E-state index in [9.17, 15) is 13.2 Å². The van der Waals surface area contributed by atoms with E-state index in [-0.39, 0.29) is 18.6 Å². The van der Waals surface area contributed by atoms with Crippen molar-refractivity contribution in [3.05, 3.63) is 48.5 Å². The lowest BCUT2D eigenvalue weighted by Gasteiger charge is -2.17. The standard InChI is InChI=1S/C20H26N2O6S/c1-15(13-27-19-11-9-17(26-3)10-12-19)21-20(23)14-28-18-7-5-16(6-8-18)22(2)29(4,24)25/h5-12,15H,13-14H2,1-4H3,(H,21,23)/t15-/m0/s1. The highest BCUT2D eigenvalue weighted by Crippen LogP contribution is 2.20. The van der Waals surface area contributed by atoms with E-state index in [2.05, 4.69) is 5.32 Å². The van der Waals surface area contributed by atoms with Gasteiger partial charge in [0.05, 0.1) is 25.1 Å². The maximum Gasteiger partial charge on any atom is 0.258 e. The van der Waals surface area contributed by atoms with E-state index < -0.39 is 10.0 Å². The molecule has 0 saturated carbocycles. The molecule has 0 aromatic heterocycles. The fourth-order valence-corrected chi connectivity index (χ4v) is 2.85. The Balaban J connectivity index is 1.75. The highest BCUT2D eigenvalue weighted by Gasteiger charge is 2.12. The molecular formula is C20H26N2O6S. The molecule has 8 nitrogen and oxygen atoms in total. The van der Waals surface area contributed by atoms with Crippen LogP contribution in [0.3, 0.4) is 0 Å². The van der Waals surface area contributed by atoms with E-state index in [4.69, 9.17) is 14.2 Å². The smallest absolute Gasteiger partial charge is 0.258 e. The van der Waals surface area contributed by atoms with Crippen molar-refractivity contribution in [3.63, 3.8) is 0 Å². The van der Waals surface area contributed by atoms with Crippen LogP contribution in [0.4, 0.5) is 5.69 Å². The summed E-state index contributed by atoms with van der Waals surface area (Å²) in [6, 6.07) is 13.4. The second-order valence-corrected chi connectivity index (χ2v) is 8.48. The first-order chi connectivity index (χ1) is 13.7. The van der Waals surface area contributed by atoms with Gasteiger partial charge in [-0.05, 0) is 55.5 Å². The van der Waals surface area contributed by atoms with Crippen LogP contribution in [0.25, 0.3) is 0 Å². The number of hydrogen-bond donors (Lipinski definition) is 1. The molecule has 2 aromatic rings. The number of sulfonamides is 1. The van der Waals surface area contributed by atoms with Crippen molar-refractivity contribution in [3.8, 4) is 17.2 Å². The average molecular weight is 423 g/mol. The number of amides is 1. The van der Waals surface area contributed by atoms with Gasteiger partial charge in [-0.3, -0.25) is 9.10 Å². The van der Waals surface area contributed by atoms with E-state index in [1.54, 1.807) is 55.6 Å². The molecule has 0 aliphatic heterocycles. The molecule has 0 aliphatic rings. The van der Waals surface area contributed by atoms with Crippen LogP contribution >= 0.6 is 0 Å². The van der Waals surface area contributed by atoms with Crippen LogP contribution in [0.15, 0.2) is 48.5 Å². The van der Waals surface area contributed by atoms with Gasteiger partial charge < -0.3 is 19.5 Å². The van der Waals surface area contributed by atoms with Gasteiger partial charge in [0, 0.05) is 7.05 Å². The van der Waals surface area contributed by atoms with Crippen LogP contribution in [0.5, 0.6) is 17.2 Å². The van der Waals surface area contributed by atoms with Gasteiger partial charge >= 0.3 is 0 Å². The summed E-state index contributed by atoms with van der Waals surface area (Å²) < 4.78 is 40.4. The van der Waals surface area contributed by atoms with E-state index in [0.717, 1.165) is 16.3 Å². The van der Waals surface area contributed by atoms with Crippen molar-refractivity contribution in [2.45, 2.75) is 13.0 Å². The molecule has 1 atom stereocenters. The van der Waals surface area contributed by atoms with Gasteiger partial charge in [-0.2, -0.15) is 0 Å². The number of anilines is 1. The number of hydrogen-bond acceptors (Lipinski definition) is 6. The van der Waals surface area contributed by atoms with Crippen LogP contribution in [0.1, 0.15) is 6.92 Å². The highest BCUT2D eigenvalue weighted by atomic mass is 32.2. The third-order valence-electron chi connectivity index (χ3n) is 4.03. The predicted molar refractivity (Wildman–Crippen MR) is 111 cm³/mol. The van der Waals surface area contributed by atoms with Crippen LogP contribution in [0.2, 0.25) is 0 Å². The monoisotopic (exact) mass is 422 g/mol. The molecular weight excluding hydrogens is 396 g/mol. The van der Waals surface area contributed by atoms with E-state index in [1.807, 2.05) is 6.92 Å². The molecule has 2 rings (SSSR count). The Labute approximate surface area is 171 Å². The predicted octanol–water partition coefficient (Wildman–Crippen LogP) is 2.05. The van der Waals surface area contributed by atoms with Crippen LogP contribution in [-0.4, -0.2) is 54.0 Å². The lowest BCUT2D eigenvalue weighted by Crippen LogP contribution is -2.39. The zero-order valence-electron chi connectivity index (χ0n) is 16.9. The number of nitrogens with one attached hydrogen (secondary N) is 1. The van der Waals surface area contributed by atoms with E-state index in [1.165, 1.54) is 7.05 Å². The maximum absolute atomic E-state index is 12.0. The summed E-state index contributed by atoms with van der Waals surface area (Å²) in [6.45, 7) is 1.98. The number of methoxy groups -OCH3 is 1. The van der Waals surface area contributed by atoms with Gasteiger partial charge in [0.2, 0.25) is 10.0 Å².